The lowest BCUT2D eigenvalue weighted by Gasteiger charge is -2.18. The fourth-order valence-corrected chi connectivity index (χ4v) is 2.47. The number of nitrogens with two attached hydrogens (primary N) is 1. The molecule has 0 saturated heterocycles. The predicted octanol–water partition coefficient (Wildman–Crippen LogP) is 2.18. The van der Waals surface area contributed by atoms with Gasteiger partial charge in [-0.05, 0) is 25.5 Å². The van der Waals surface area contributed by atoms with Gasteiger partial charge in [0, 0.05) is 12.0 Å². The second-order valence-corrected chi connectivity index (χ2v) is 5.56. The molecule has 0 aliphatic carbocycles. The zero-order chi connectivity index (χ0) is 13.2. The van der Waals surface area contributed by atoms with Gasteiger partial charge in [-0.3, -0.25) is 0 Å². The summed E-state index contributed by atoms with van der Waals surface area (Å²) in [6, 6.07) is 4.06. The maximum atomic E-state index is 6.06. The quantitative estimate of drug-likeness (QED) is 0.898. The highest BCUT2D eigenvalue weighted by atomic mass is 32.1. The first-order chi connectivity index (χ1) is 8.56. The largest absolute Gasteiger partial charge is 0.382 e. The van der Waals surface area contributed by atoms with Gasteiger partial charge in [-0.2, -0.15) is 4.98 Å². The van der Waals surface area contributed by atoms with Crippen molar-refractivity contribution in [1.29, 1.82) is 0 Å². The number of ether oxygens (including phenoxy) is 1. The molecular formula is C12H17N3O2S. The van der Waals surface area contributed by atoms with Crippen molar-refractivity contribution in [3.05, 3.63) is 22.8 Å². The minimum atomic E-state index is -0.735. The predicted molar refractivity (Wildman–Crippen MR) is 70.4 cm³/mol. The van der Waals surface area contributed by atoms with Crippen LogP contribution in [-0.2, 0) is 16.7 Å². The first-order valence-electron chi connectivity index (χ1n) is 5.78. The lowest BCUT2D eigenvalue weighted by Crippen LogP contribution is -2.38. The van der Waals surface area contributed by atoms with E-state index >= 15 is 0 Å². The van der Waals surface area contributed by atoms with E-state index in [-0.39, 0.29) is 0 Å². The Kier molecular flexibility index (Phi) is 3.79. The van der Waals surface area contributed by atoms with E-state index in [1.807, 2.05) is 13.0 Å². The monoisotopic (exact) mass is 267 g/mol. The summed E-state index contributed by atoms with van der Waals surface area (Å²) in [5, 5.41) is 3.93. The summed E-state index contributed by atoms with van der Waals surface area (Å²) in [6.07, 6.45) is 1.00. The van der Waals surface area contributed by atoms with Crippen LogP contribution in [0.3, 0.4) is 0 Å². The van der Waals surface area contributed by atoms with Gasteiger partial charge in [0.15, 0.2) is 5.82 Å². The van der Waals surface area contributed by atoms with Crippen LogP contribution in [0.25, 0.3) is 10.8 Å². The molecule has 0 radical (unpaired) electrons. The Labute approximate surface area is 110 Å². The Morgan fingerprint density at radius 3 is 2.89 bits per heavy atom. The van der Waals surface area contributed by atoms with E-state index in [0.717, 1.165) is 11.3 Å². The number of rotatable bonds is 5. The number of aryl methyl sites for hydroxylation is 1. The summed E-state index contributed by atoms with van der Waals surface area (Å²) in [6.45, 7) is 4.28. The second kappa shape index (κ2) is 5.17. The Bertz CT molecular complexity index is 519. The fourth-order valence-electron chi connectivity index (χ4n) is 1.60. The van der Waals surface area contributed by atoms with Crippen LogP contribution in [0.2, 0.25) is 0 Å². The Hall–Kier alpha value is -1.24. The van der Waals surface area contributed by atoms with Crippen molar-refractivity contribution >= 4 is 11.3 Å². The summed E-state index contributed by atoms with van der Waals surface area (Å²) >= 11 is 1.65. The number of nitrogens with zero attached hydrogens (tertiary/aromatic N) is 2. The van der Waals surface area contributed by atoms with Crippen LogP contribution in [0.5, 0.6) is 0 Å². The average Bonchev–Trinajstić information content (AvgIpc) is 2.98. The maximum Gasteiger partial charge on any atom is 0.268 e. The van der Waals surface area contributed by atoms with Gasteiger partial charge in [0.25, 0.3) is 5.89 Å². The van der Waals surface area contributed by atoms with Crippen LogP contribution in [0.4, 0.5) is 0 Å². The minimum Gasteiger partial charge on any atom is -0.382 e. The number of hydrogen-bond donors (Lipinski definition) is 1. The van der Waals surface area contributed by atoms with Crippen molar-refractivity contribution in [3.8, 4) is 10.8 Å². The molecule has 0 amide bonds. The van der Waals surface area contributed by atoms with Crippen molar-refractivity contribution in [1.82, 2.24) is 10.1 Å². The number of aromatic nitrogens is 2. The molecule has 0 aliphatic heterocycles. The smallest absolute Gasteiger partial charge is 0.268 e. The summed E-state index contributed by atoms with van der Waals surface area (Å²) < 4.78 is 10.3. The molecule has 0 fully saturated rings. The molecule has 0 bridgehead atoms. The molecule has 98 valence electrons. The van der Waals surface area contributed by atoms with Gasteiger partial charge in [-0.25, -0.2) is 0 Å². The molecule has 1 atom stereocenters. The first kappa shape index (κ1) is 13.2. The van der Waals surface area contributed by atoms with Gasteiger partial charge in [0.1, 0.15) is 5.54 Å². The van der Waals surface area contributed by atoms with Gasteiger partial charge >= 0.3 is 0 Å². The molecule has 2 aromatic rings. The number of methoxy groups -OCH3 is 1. The molecular weight excluding hydrogens is 250 g/mol. The summed E-state index contributed by atoms with van der Waals surface area (Å²) in [5.41, 5.74) is 5.33. The zero-order valence-electron chi connectivity index (χ0n) is 10.8. The van der Waals surface area contributed by atoms with Crippen LogP contribution in [-0.4, -0.2) is 23.9 Å². The summed E-state index contributed by atoms with van der Waals surface area (Å²) in [4.78, 5) is 6.61. The number of thiophene rings is 1. The average molecular weight is 267 g/mol. The van der Waals surface area contributed by atoms with Gasteiger partial charge in [0.2, 0.25) is 0 Å². The Balaban J connectivity index is 2.24. The maximum absolute atomic E-state index is 6.06. The van der Waals surface area contributed by atoms with E-state index in [0.29, 0.717) is 18.3 Å². The van der Waals surface area contributed by atoms with E-state index in [4.69, 9.17) is 15.0 Å². The molecule has 5 nitrogen and oxygen atoms in total. The van der Waals surface area contributed by atoms with Crippen molar-refractivity contribution in [2.45, 2.75) is 25.8 Å². The van der Waals surface area contributed by atoms with Crippen LogP contribution < -0.4 is 5.73 Å². The van der Waals surface area contributed by atoms with Crippen molar-refractivity contribution in [2.24, 2.45) is 5.73 Å². The summed E-state index contributed by atoms with van der Waals surface area (Å²) in [7, 11) is 1.60. The third kappa shape index (κ3) is 2.60. The van der Waals surface area contributed by atoms with Crippen LogP contribution in [0.15, 0.2) is 16.7 Å². The lowest BCUT2D eigenvalue weighted by atomic mass is 10.1. The van der Waals surface area contributed by atoms with Gasteiger partial charge in [0.05, 0.1) is 11.5 Å². The normalized spacial score (nSPS) is 14.7. The van der Waals surface area contributed by atoms with Crippen molar-refractivity contribution in [2.75, 3.05) is 13.7 Å². The van der Waals surface area contributed by atoms with E-state index in [9.17, 15) is 0 Å². The molecule has 0 aromatic carbocycles. The third-order valence-corrected chi connectivity index (χ3v) is 3.82. The Morgan fingerprint density at radius 1 is 1.50 bits per heavy atom. The molecule has 1 unspecified atom stereocenters. The molecule has 6 heteroatoms. The SMILES string of the molecule is CCc1ccc(-c2nc(C(C)(N)COC)no2)s1. The molecule has 2 aromatic heterocycles. The van der Waals surface area contributed by atoms with Crippen LogP contribution in [0.1, 0.15) is 24.5 Å². The molecule has 2 rings (SSSR count). The number of hydrogen-bond acceptors (Lipinski definition) is 6. The highest BCUT2D eigenvalue weighted by molar-refractivity contribution is 7.15. The molecule has 2 N–H and O–H groups in total. The topological polar surface area (TPSA) is 74.2 Å². The minimum absolute atomic E-state index is 0.344. The van der Waals surface area contributed by atoms with Gasteiger partial charge in [-0.15, -0.1) is 11.3 Å². The third-order valence-electron chi connectivity index (χ3n) is 2.60. The molecule has 18 heavy (non-hydrogen) atoms. The van der Waals surface area contributed by atoms with Crippen molar-refractivity contribution < 1.29 is 9.26 Å². The van der Waals surface area contributed by atoms with Gasteiger partial charge < -0.3 is 15.0 Å². The van der Waals surface area contributed by atoms with Crippen molar-refractivity contribution in [3.63, 3.8) is 0 Å². The van der Waals surface area contributed by atoms with E-state index in [1.54, 1.807) is 18.4 Å². The highest BCUT2D eigenvalue weighted by Gasteiger charge is 2.28. The van der Waals surface area contributed by atoms with Crippen LogP contribution >= 0.6 is 11.3 Å². The van der Waals surface area contributed by atoms with Gasteiger partial charge in [-0.1, -0.05) is 12.1 Å². The molecule has 0 saturated carbocycles. The Morgan fingerprint density at radius 2 is 2.28 bits per heavy atom. The highest BCUT2D eigenvalue weighted by Crippen LogP contribution is 2.28. The van der Waals surface area contributed by atoms with E-state index < -0.39 is 5.54 Å². The zero-order valence-corrected chi connectivity index (χ0v) is 11.6. The lowest BCUT2D eigenvalue weighted by molar-refractivity contribution is 0.135. The standard InChI is InChI=1S/C12H17N3O2S/c1-4-8-5-6-9(18-8)10-14-11(15-17-10)12(2,13)7-16-3/h5-6H,4,7,13H2,1-3H3. The molecule has 0 spiro atoms. The summed E-state index contributed by atoms with van der Waals surface area (Å²) in [5.74, 6) is 0.980. The second-order valence-electron chi connectivity index (χ2n) is 4.39. The van der Waals surface area contributed by atoms with Crippen LogP contribution in [0, 0.1) is 0 Å². The van der Waals surface area contributed by atoms with E-state index in [1.165, 1.54) is 4.88 Å². The first-order valence-corrected chi connectivity index (χ1v) is 6.59. The molecule has 0 aliphatic rings. The fraction of sp³-hybridized carbons (Fsp3) is 0.500. The molecule has 2 heterocycles. The van der Waals surface area contributed by atoms with E-state index in [2.05, 4.69) is 23.1 Å².